The first-order chi connectivity index (χ1) is 11.6. The molecule has 0 saturated carbocycles. The molecular weight excluding hydrogens is 340 g/mol. The second kappa shape index (κ2) is 6.49. The molecule has 1 unspecified atom stereocenters. The first-order valence-electron chi connectivity index (χ1n) is 8.68. The van der Waals surface area contributed by atoms with Crippen molar-refractivity contribution in [3.63, 3.8) is 0 Å². The Hall–Kier alpha value is -0.810. The van der Waals surface area contributed by atoms with Gasteiger partial charge in [0.25, 0.3) is 0 Å². The summed E-state index contributed by atoms with van der Waals surface area (Å²) in [6.07, 6.45) is 5.94. The average Bonchev–Trinajstić information content (AvgIpc) is 2.71. The van der Waals surface area contributed by atoms with Gasteiger partial charge >= 0.3 is 0 Å². The summed E-state index contributed by atoms with van der Waals surface area (Å²) in [4.78, 5) is 8.17. The van der Waals surface area contributed by atoms with Gasteiger partial charge < -0.3 is 10.0 Å². The Morgan fingerprint density at radius 3 is 2.92 bits per heavy atom. The number of hydrogen-bond acceptors (Lipinski definition) is 4. The quantitative estimate of drug-likeness (QED) is 0.817. The van der Waals surface area contributed by atoms with Crippen molar-refractivity contribution in [3.8, 4) is 0 Å². The van der Waals surface area contributed by atoms with E-state index >= 15 is 0 Å². The summed E-state index contributed by atoms with van der Waals surface area (Å²) in [5.41, 5.74) is 2.22. The Morgan fingerprint density at radius 2 is 2.12 bits per heavy atom. The van der Waals surface area contributed by atoms with Crippen LogP contribution in [0, 0.1) is 5.92 Å². The molecule has 0 bridgehead atoms. The fraction of sp³-hybridized carbons (Fsp3) is 0.526. The maximum absolute atomic E-state index is 12.1. The topological polar surface area (TPSA) is 35.8 Å². The van der Waals surface area contributed by atoms with Gasteiger partial charge in [-0.3, -0.25) is 4.99 Å². The number of fused-ring (bicyclic) bond motifs is 1. The number of benzene rings is 1. The summed E-state index contributed by atoms with van der Waals surface area (Å²) in [5.74, 6) is 1.10. The van der Waals surface area contributed by atoms with Crippen molar-refractivity contribution in [1.29, 1.82) is 0 Å². The molecule has 1 aromatic carbocycles. The van der Waals surface area contributed by atoms with Crippen LogP contribution in [0.15, 0.2) is 39.4 Å². The zero-order valence-electron chi connectivity index (χ0n) is 14.0. The number of nitrogens with zero attached hydrogens (tertiary/aromatic N) is 2. The van der Waals surface area contributed by atoms with Gasteiger partial charge in [0, 0.05) is 33.4 Å². The van der Waals surface area contributed by atoms with Crippen LogP contribution in [0.5, 0.6) is 0 Å². The van der Waals surface area contributed by atoms with Gasteiger partial charge in [-0.15, -0.1) is 11.8 Å². The van der Waals surface area contributed by atoms with Gasteiger partial charge in [-0.1, -0.05) is 17.7 Å². The molecule has 1 aromatic rings. The molecular formula is C19H23ClN2OS. The molecule has 1 saturated heterocycles. The predicted octanol–water partition coefficient (Wildman–Crippen LogP) is 4.09. The van der Waals surface area contributed by atoms with Gasteiger partial charge in [0.2, 0.25) is 0 Å². The van der Waals surface area contributed by atoms with Crippen LogP contribution in [0.4, 0.5) is 0 Å². The monoisotopic (exact) mass is 362 g/mol. The number of thioether (sulfide) groups is 1. The first kappa shape index (κ1) is 16.6. The summed E-state index contributed by atoms with van der Waals surface area (Å²) in [7, 11) is 2.15. The Morgan fingerprint density at radius 1 is 1.33 bits per heavy atom. The van der Waals surface area contributed by atoms with Crippen LogP contribution in [0.2, 0.25) is 5.02 Å². The minimum absolute atomic E-state index is 0.201. The van der Waals surface area contributed by atoms with Gasteiger partial charge in [-0.25, -0.2) is 0 Å². The molecule has 0 radical (unpaired) electrons. The standard InChI is InChI=1S/C19H23ClN2OS/c1-22-9-6-14(7-10-22)19(23)16-5-4-15(20)11-17(16)24-12-13-3-2-8-21-18(13)19/h4-5,8,11,14,23H,2-3,6-7,9-10,12H2,1H3. The molecule has 3 heterocycles. The third kappa shape index (κ3) is 2.74. The van der Waals surface area contributed by atoms with E-state index in [0.717, 1.165) is 65.7 Å². The number of aliphatic hydroxyl groups is 1. The van der Waals surface area contributed by atoms with E-state index in [1.165, 1.54) is 5.57 Å². The number of piperidine rings is 1. The van der Waals surface area contributed by atoms with Crippen LogP contribution in [0.1, 0.15) is 31.2 Å². The molecule has 0 aliphatic carbocycles. The van der Waals surface area contributed by atoms with Crippen molar-refractivity contribution < 1.29 is 5.11 Å². The lowest BCUT2D eigenvalue weighted by Gasteiger charge is -2.42. The highest BCUT2D eigenvalue weighted by Crippen LogP contribution is 2.51. The highest BCUT2D eigenvalue weighted by molar-refractivity contribution is 7.99. The normalized spacial score (nSPS) is 28.5. The number of aliphatic imine (C=N–C) groups is 1. The predicted molar refractivity (Wildman–Crippen MR) is 101 cm³/mol. The zero-order chi connectivity index (χ0) is 16.7. The fourth-order valence-electron chi connectivity index (χ4n) is 4.18. The van der Waals surface area contributed by atoms with Gasteiger partial charge in [0.05, 0.1) is 5.70 Å². The summed E-state index contributed by atoms with van der Waals surface area (Å²) in [6.45, 7) is 2.05. The van der Waals surface area contributed by atoms with Gasteiger partial charge in [0.1, 0.15) is 5.60 Å². The van der Waals surface area contributed by atoms with Crippen molar-refractivity contribution >= 4 is 29.6 Å². The molecule has 128 valence electrons. The Bertz CT molecular complexity index is 709. The molecule has 3 aliphatic rings. The van der Waals surface area contributed by atoms with Crippen LogP contribution >= 0.6 is 23.4 Å². The maximum Gasteiger partial charge on any atom is 0.135 e. The van der Waals surface area contributed by atoms with E-state index in [-0.39, 0.29) is 5.92 Å². The van der Waals surface area contributed by atoms with E-state index in [1.54, 1.807) is 11.8 Å². The van der Waals surface area contributed by atoms with Crippen LogP contribution in [-0.4, -0.2) is 42.1 Å². The number of likely N-dealkylation sites (tertiary alicyclic amines) is 1. The highest BCUT2D eigenvalue weighted by atomic mass is 35.5. The first-order valence-corrected chi connectivity index (χ1v) is 10.0. The smallest absolute Gasteiger partial charge is 0.135 e. The lowest BCUT2D eigenvalue weighted by atomic mass is 9.72. The summed E-state index contributed by atoms with van der Waals surface area (Å²) in [6, 6.07) is 5.92. The fourth-order valence-corrected chi connectivity index (χ4v) is 5.61. The van der Waals surface area contributed by atoms with Crippen molar-refractivity contribution in [2.45, 2.75) is 36.2 Å². The van der Waals surface area contributed by atoms with E-state index in [0.29, 0.717) is 0 Å². The van der Waals surface area contributed by atoms with E-state index in [2.05, 4.69) is 11.9 Å². The lowest BCUT2D eigenvalue weighted by Crippen LogP contribution is -2.44. The summed E-state index contributed by atoms with van der Waals surface area (Å²) >= 11 is 8.03. The van der Waals surface area contributed by atoms with Crippen molar-refractivity contribution in [3.05, 3.63) is 40.1 Å². The molecule has 3 aliphatic heterocycles. The molecule has 1 N–H and O–H groups in total. The van der Waals surface area contributed by atoms with Crippen LogP contribution in [0.25, 0.3) is 0 Å². The molecule has 3 nitrogen and oxygen atoms in total. The van der Waals surface area contributed by atoms with Gasteiger partial charge in [-0.2, -0.15) is 0 Å². The van der Waals surface area contributed by atoms with Gasteiger partial charge in [0.15, 0.2) is 0 Å². The van der Waals surface area contributed by atoms with E-state index < -0.39 is 5.60 Å². The molecule has 0 spiro atoms. The Kier molecular flexibility index (Phi) is 4.50. The molecule has 0 amide bonds. The van der Waals surface area contributed by atoms with Crippen LogP contribution in [0.3, 0.4) is 0 Å². The second-order valence-corrected chi connectivity index (χ2v) is 8.53. The summed E-state index contributed by atoms with van der Waals surface area (Å²) < 4.78 is 0. The Balaban J connectivity index is 1.86. The van der Waals surface area contributed by atoms with Crippen molar-refractivity contribution in [1.82, 2.24) is 4.90 Å². The molecule has 4 rings (SSSR count). The van der Waals surface area contributed by atoms with Gasteiger partial charge in [-0.05, 0) is 63.5 Å². The number of halogens is 1. The van der Waals surface area contributed by atoms with E-state index in [4.69, 9.17) is 16.6 Å². The minimum Gasteiger partial charge on any atom is -0.378 e. The average molecular weight is 363 g/mol. The third-order valence-electron chi connectivity index (χ3n) is 5.56. The summed E-state index contributed by atoms with van der Waals surface area (Å²) in [5, 5.41) is 12.8. The molecule has 24 heavy (non-hydrogen) atoms. The van der Waals surface area contributed by atoms with E-state index in [9.17, 15) is 5.11 Å². The van der Waals surface area contributed by atoms with Crippen molar-refractivity contribution in [2.75, 3.05) is 25.9 Å². The second-order valence-electron chi connectivity index (χ2n) is 7.08. The lowest BCUT2D eigenvalue weighted by molar-refractivity contribution is -0.0182. The largest absolute Gasteiger partial charge is 0.378 e. The highest BCUT2D eigenvalue weighted by Gasteiger charge is 2.47. The maximum atomic E-state index is 12.1. The SMILES string of the molecule is CN1CCC(C2(O)C3=C(CCC=N3)CSc3cc(Cl)ccc32)CC1. The molecule has 0 aromatic heterocycles. The van der Waals surface area contributed by atoms with E-state index in [1.807, 2.05) is 24.4 Å². The number of hydrogen-bond donors (Lipinski definition) is 1. The molecule has 5 heteroatoms. The number of rotatable bonds is 1. The van der Waals surface area contributed by atoms with Crippen LogP contribution < -0.4 is 0 Å². The van der Waals surface area contributed by atoms with Crippen molar-refractivity contribution in [2.24, 2.45) is 10.9 Å². The molecule has 1 atom stereocenters. The van der Waals surface area contributed by atoms with Crippen LogP contribution in [-0.2, 0) is 5.60 Å². The minimum atomic E-state index is -0.989. The molecule has 1 fully saturated rings. The third-order valence-corrected chi connectivity index (χ3v) is 6.93. The Labute approximate surface area is 152 Å². The zero-order valence-corrected chi connectivity index (χ0v) is 15.5.